The maximum atomic E-state index is 9.26. The van der Waals surface area contributed by atoms with Gasteiger partial charge in [-0.05, 0) is 37.9 Å². The van der Waals surface area contributed by atoms with Crippen molar-refractivity contribution in [3.05, 3.63) is 42.4 Å². The molecule has 132 valence electrons. The van der Waals surface area contributed by atoms with Crippen molar-refractivity contribution in [1.29, 1.82) is 5.26 Å². The molecule has 0 unspecified atom stereocenters. The summed E-state index contributed by atoms with van der Waals surface area (Å²) in [5, 5.41) is 10.1. The molecule has 0 bridgehead atoms. The number of hydrogen-bond acceptors (Lipinski definition) is 7. The Morgan fingerprint density at radius 3 is 2.65 bits per heavy atom. The predicted molar refractivity (Wildman–Crippen MR) is 98.1 cm³/mol. The standard InChI is InChI=1S/C19H19N5O2/c1-24(2)6-7-26-19-16-9-13(4-5-17(16)22-12-23-19)15-8-14(10-20)18(25-3)21-11-15/h4-5,8-9,11-12H,6-7H2,1-3H3. The number of nitriles is 1. The van der Waals surface area contributed by atoms with E-state index in [1.165, 1.54) is 13.4 Å². The summed E-state index contributed by atoms with van der Waals surface area (Å²) in [6.07, 6.45) is 3.17. The van der Waals surface area contributed by atoms with Crippen LogP contribution in [0.2, 0.25) is 0 Å². The van der Waals surface area contributed by atoms with Gasteiger partial charge >= 0.3 is 0 Å². The van der Waals surface area contributed by atoms with Crippen molar-refractivity contribution >= 4 is 10.9 Å². The highest BCUT2D eigenvalue weighted by molar-refractivity contribution is 5.88. The number of fused-ring (bicyclic) bond motifs is 1. The van der Waals surface area contributed by atoms with Crippen molar-refractivity contribution in [1.82, 2.24) is 19.9 Å². The zero-order chi connectivity index (χ0) is 18.5. The summed E-state index contributed by atoms with van der Waals surface area (Å²) >= 11 is 0. The number of ether oxygens (including phenoxy) is 2. The smallest absolute Gasteiger partial charge is 0.231 e. The van der Waals surface area contributed by atoms with Gasteiger partial charge in [0.2, 0.25) is 11.8 Å². The Bertz CT molecular complexity index is 966. The molecule has 0 amide bonds. The molecular weight excluding hydrogens is 330 g/mol. The van der Waals surface area contributed by atoms with Gasteiger partial charge in [-0.3, -0.25) is 0 Å². The van der Waals surface area contributed by atoms with Crippen molar-refractivity contribution in [3.8, 4) is 29.0 Å². The van der Waals surface area contributed by atoms with Crippen molar-refractivity contribution < 1.29 is 9.47 Å². The first kappa shape index (κ1) is 17.6. The molecule has 7 nitrogen and oxygen atoms in total. The van der Waals surface area contributed by atoms with Crippen molar-refractivity contribution in [2.75, 3.05) is 34.4 Å². The molecule has 0 fully saturated rings. The van der Waals surface area contributed by atoms with Crippen LogP contribution in [0.25, 0.3) is 22.0 Å². The minimum Gasteiger partial charge on any atom is -0.480 e. The van der Waals surface area contributed by atoms with Gasteiger partial charge in [-0.2, -0.15) is 5.26 Å². The predicted octanol–water partition coefficient (Wildman–Crippen LogP) is 2.51. The van der Waals surface area contributed by atoms with E-state index in [0.717, 1.165) is 28.6 Å². The normalized spacial score (nSPS) is 10.7. The van der Waals surface area contributed by atoms with Gasteiger partial charge in [-0.1, -0.05) is 6.07 Å². The van der Waals surface area contributed by atoms with Gasteiger partial charge in [-0.15, -0.1) is 0 Å². The Balaban J connectivity index is 1.99. The molecule has 2 heterocycles. The van der Waals surface area contributed by atoms with Gasteiger partial charge in [0, 0.05) is 18.3 Å². The van der Waals surface area contributed by atoms with Crippen LogP contribution in [0, 0.1) is 11.3 Å². The highest BCUT2D eigenvalue weighted by Gasteiger charge is 2.10. The molecule has 3 rings (SSSR count). The van der Waals surface area contributed by atoms with Crippen LogP contribution in [-0.2, 0) is 0 Å². The molecule has 0 saturated carbocycles. The monoisotopic (exact) mass is 349 g/mol. The van der Waals surface area contributed by atoms with Crippen molar-refractivity contribution in [2.45, 2.75) is 0 Å². The summed E-state index contributed by atoms with van der Waals surface area (Å²) in [6.45, 7) is 1.32. The Hall–Kier alpha value is -3.24. The van der Waals surface area contributed by atoms with Gasteiger partial charge in [0.15, 0.2) is 0 Å². The number of nitrogens with zero attached hydrogens (tertiary/aromatic N) is 5. The van der Waals surface area contributed by atoms with E-state index in [-0.39, 0.29) is 0 Å². The number of likely N-dealkylation sites (N-methyl/N-ethyl adjacent to an activating group) is 1. The van der Waals surface area contributed by atoms with E-state index in [1.54, 1.807) is 12.3 Å². The first-order valence-electron chi connectivity index (χ1n) is 8.09. The lowest BCUT2D eigenvalue weighted by molar-refractivity contribution is 0.256. The summed E-state index contributed by atoms with van der Waals surface area (Å²) in [7, 11) is 5.47. The number of pyridine rings is 1. The Morgan fingerprint density at radius 1 is 1.08 bits per heavy atom. The number of rotatable bonds is 6. The zero-order valence-electron chi connectivity index (χ0n) is 14.9. The topological polar surface area (TPSA) is 84.2 Å². The van der Waals surface area contributed by atoms with Gasteiger partial charge in [0.1, 0.15) is 24.6 Å². The lowest BCUT2D eigenvalue weighted by Gasteiger charge is -2.12. The Labute approximate surface area is 151 Å². The second kappa shape index (κ2) is 7.76. The van der Waals surface area contributed by atoms with E-state index < -0.39 is 0 Å². The van der Waals surface area contributed by atoms with Crippen LogP contribution in [0.3, 0.4) is 0 Å². The van der Waals surface area contributed by atoms with Crippen LogP contribution < -0.4 is 9.47 Å². The fourth-order valence-electron chi connectivity index (χ4n) is 2.51. The maximum absolute atomic E-state index is 9.26. The summed E-state index contributed by atoms with van der Waals surface area (Å²) in [6, 6.07) is 9.64. The molecule has 0 aliphatic rings. The van der Waals surface area contributed by atoms with E-state index in [0.29, 0.717) is 23.9 Å². The lowest BCUT2D eigenvalue weighted by Crippen LogP contribution is -2.19. The quantitative estimate of drug-likeness (QED) is 0.676. The molecule has 3 aromatic rings. The number of benzene rings is 1. The Kier molecular flexibility index (Phi) is 5.25. The highest BCUT2D eigenvalue weighted by atomic mass is 16.5. The molecule has 0 aliphatic carbocycles. The van der Waals surface area contributed by atoms with Crippen LogP contribution in [0.1, 0.15) is 5.56 Å². The summed E-state index contributed by atoms with van der Waals surface area (Å²) in [5.41, 5.74) is 2.89. The largest absolute Gasteiger partial charge is 0.480 e. The Morgan fingerprint density at radius 2 is 1.92 bits per heavy atom. The van der Waals surface area contributed by atoms with E-state index in [4.69, 9.17) is 9.47 Å². The molecular formula is C19H19N5O2. The number of hydrogen-bond donors (Lipinski definition) is 0. The maximum Gasteiger partial charge on any atom is 0.231 e. The molecule has 0 radical (unpaired) electrons. The van der Waals surface area contributed by atoms with Gasteiger partial charge < -0.3 is 14.4 Å². The fraction of sp³-hybridized carbons (Fsp3) is 0.263. The zero-order valence-corrected chi connectivity index (χ0v) is 14.9. The fourth-order valence-corrected chi connectivity index (χ4v) is 2.51. The van der Waals surface area contributed by atoms with E-state index in [2.05, 4.69) is 21.0 Å². The number of aromatic nitrogens is 3. The third-order valence-electron chi connectivity index (χ3n) is 3.87. The van der Waals surface area contributed by atoms with E-state index in [9.17, 15) is 5.26 Å². The first-order valence-corrected chi connectivity index (χ1v) is 8.09. The van der Waals surface area contributed by atoms with Crippen LogP contribution in [0.4, 0.5) is 0 Å². The van der Waals surface area contributed by atoms with Crippen LogP contribution in [0.5, 0.6) is 11.8 Å². The molecule has 0 spiro atoms. The molecule has 7 heteroatoms. The molecule has 26 heavy (non-hydrogen) atoms. The van der Waals surface area contributed by atoms with Gasteiger partial charge in [0.25, 0.3) is 0 Å². The van der Waals surface area contributed by atoms with Crippen LogP contribution in [0.15, 0.2) is 36.8 Å². The second-order valence-electron chi connectivity index (χ2n) is 5.96. The van der Waals surface area contributed by atoms with Crippen molar-refractivity contribution in [3.63, 3.8) is 0 Å². The van der Waals surface area contributed by atoms with E-state index in [1.807, 2.05) is 37.2 Å². The summed E-state index contributed by atoms with van der Waals surface area (Å²) < 4.78 is 10.9. The SMILES string of the molecule is COc1ncc(-c2ccc3ncnc(OCCN(C)C)c3c2)cc1C#N. The molecule has 0 atom stereocenters. The average Bonchev–Trinajstić information content (AvgIpc) is 2.67. The first-order chi connectivity index (χ1) is 12.6. The minimum absolute atomic E-state index is 0.313. The van der Waals surface area contributed by atoms with Gasteiger partial charge in [0.05, 0.1) is 18.0 Å². The summed E-state index contributed by atoms with van der Waals surface area (Å²) in [4.78, 5) is 14.8. The molecule has 0 aliphatic heterocycles. The van der Waals surface area contributed by atoms with Crippen LogP contribution in [-0.4, -0.2) is 54.2 Å². The third kappa shape index (κ3) is 3.71. The highest BCUT2D eigenvalue weighted by Crippen LogP contribution is 2.29. The van der Waals surface area contributed by atoms with Gasteiger partial charge in [-0.25, -0.2) is 15.0 Å². The molecule has 0 N–H and O–H groups in total. The number of methoxy groups -OCH3 is 1. The molecule has 1 aromatic carbocycles. The second-order valence-corrected chi connectivity index (χ2v) is 5.96. The summed E-state index contributed by atoms with van der Waals surface area (Å²) in [5.74, 6) is 0.855. The minimum atomic E-state index is 0.313. The molecule has 2 aromatic heterocycles. The third-order valence-corrected chi connectivity index (χ3v) is 3.87. The van der Waals surface area contributed by atoms with E-state index >= 15 is 0 Å². The average molecular weight is 349 g/mol. The van der Waals surface area contributed by atoms with Crippen LogP contribution >= 0.6 is 0 Å². The molecule has 0 saturated heterocycles. The van der Waals surface area contributed by atoms with Crippen molar-refractivity contribution in [2.24, 2.45) is 0 Å². The lowest BCUT2D eigenvalue weighted by atomic mass is 10.0.